The molecule has 1 aromatic carbocycles. The molecule has 2 aliphatic rings. The van der Waals surface area contributed by atoms with Gasteiger partial charge in [0.1, 0.15) is 0 Å². The van der Waals surface area contributed by atoms with E-state index in [0.29, 0.717) is 19.5 Å². The number of aromatic nitrogens is 2. The number of aryl methyl sites for hydroxylation is 1. The van der Waals surface area contributed by atoms with Crippen LogP contribution >= 0.6 is 0 Å². The summed E-state index contributed by atoms with van der Waals surface area (Å²) < 4.78 is 0. The molecule has 0 aliphatic carbocycles. The molecule has 1 atom stereocenters. The van der Waals surface area contributed by atoms with E-state index in [1.54, 1.807) is 6.92 Å². The predicted molar refractivity (Wildman–Crippen MR) is 110 cm³/mol. The van der Waals surface area contributed by atoms with Crippen molar-refractivity contribution in [2.45, 2.75) is 58.0 Å². The maximum atomic E-state index is 12.7. The van der Waals surface area contributed by atoms with E-state index in [4.69, 9.17) is 4.98 Å². The Balaban J connectivity index is 1.41. The Kier molecular flexibility index (Phi) is 5.88. The summed E-state index contributed by atoms with van der Waals surface area (Å²) in [6.45, 7) is 3.67. The van der Waals surface area contributed by atoms with Gasteiger partial charge >= 0.3 is 0 Å². The highest BCUT2D eigenvalue weighted by Crippen LogP contribution is 2.30. The van der Waals surface area contributed by atoms with E-state index < -0.39 is 0 Å². The molecule has 4 rings (SSSR count). The maximum absolute atomic E-state index is 12.7. The summed E-state index contributed by atoms with van der Waals surface area (Å²) in [7, 11) is 0. The molecule has 29 heavy (non-hydrogen) atoms. The first-order chi connectivity index (χ1) is 14.1. The van der Waals surface area contributed by atoms with E-state index >= 15 is 0 Å². The monoisotopic (exact) mass is 392 g/mol. The number of carbonyl (C=O) groups excluding carboxylic acids is 2. The molecular formula is C23H28N4O2. The zero-order valence-electron chi connectivity index (χ0n) is 17.0. The number of piperidine rings is 1. The highest BCUT2D eigenvalue weighted by molar-refractivity contribution is 5.76. The lowest BCUT2D eigenvalue weighted by atomic mass is 10.00. The van der Waals surface area contributed by atoms with Gasteiger partial charge in [-0.05, 0) is 31.2 Å². The second-order valence-corrected chi connectivity index (χ2v) is 7.98. The maximum Gasteiger partial charge on any atom is 0.223 e. The van der Waals surface area contributed by atoms with E-state index in [1.807, 2.05) is 34.2 Å². The van der Waals surface area contributed by atoms with Gasteiger partial charge in [0.25, 0.3) is 0 Å². The third-order valence-electron chi connectivity index (χ3n) is 5.98. The highest BCUT2D eigenvalue weighted by Gasteiger charge is 2.29. The largest absolute Gasteiger partial charge is 0.338 e. The molecule has 2 aliphatic heterocycles. The van der Waals surface area contributed by atoms with Crippen molar-refractivity contribution in [3.05, 3.63) is 59.2 Å². The Hall–Kier alpha value is -2.76. The van der Waals surface area contributed by atoms with Crippen molar-refractivity contribution in [2.75, 3.05) is 13.1 Å². The average Bonchev–Trinajstić information content (AvgIpc) is 2.77. The van der Waals surface area contributed by atoms with Crippen LogP contribution in [0.2, 0.25) is 0 Å². The number of fused-ring (bicyclic) bond motifs is 1. The molecule has 0 bridgehead atoms. The van der Waals surface area contributed by atoms with Gasteiger partial charge in [-0.1, -0.05) is 30.3 Å². The predicted octanol–water partition coefficient (Wildman–Crippen LogP) is 3.07. The standard InChI is InChI=1S/C23H28N4O2/c1-17(28)27-13-6-5-9-21(27)23-24-15-19-16-26(14-12-20(19)25-23)22(29)11-10-18-7-3-2-4-8-18/h2-4,7-8,15,21H,5-6,9-14,16H2,1H3/t21-/m1/s1. The van der Waals surface area contributed by atoms with Crippen molar-refractivity contribution >= 4 is 11.8 Å². The van der Waals surface area contributed by atoms with Crippen LogP contribution in [0.15, 0.2) is 36.5 Å². The summed E-state index contributed by atoms with van der Waals surface area (Å²) in [6.07, 6.45) is 6.95. The molecule has 152 valence electrons. The molecule has 6 nitrogen and oxygen atoms in total. The molecule has 3 heterocycles. The van der Waals surface area contributed by atoms with Crippen LogP contribution in [-0.4, -0.2) is 44.7 Å². The Morgan fingerprint density at radius 2 is 1.97 bits per heavy atom. The van der Waals surface area contributed by atoms with Crippen LogP contribution < -0.4 is 0 Å². The number of hydrogen-bond acceptors (Lipinski definition) is 4. The van der Waals surface area contributed by atoms with Gasteiger partial charge in [-0.25, -0.2) is 9.97 Å². The van der Waals surface area contributed by atoms with Crippen molar-refractivity contribution < 1.29 is 9.59 Å². The summed E-state index contributed by atoms with van der Waals surface area (Å²) in [5, 5.41) is 0. The number of carbonyl (C=O) groups is 2. The number of hydrogen-bond donors (Lipinski definition) is 0. The minimum atomic E-state index is -0.0166. The Morgan fingerprint density at radius 1 is 1.14 bits per heavy atom. The van der Waals surface area contributed by atoms with Crippen LogP contribution in [0.5, 0.6) is 0 Å². The van der Waals surface area contributed by atoms with Crippen LogP contribution in [0.4, 0.5) is 0 Å². The lowest BCUT2D eigenvalue weighted by Gasteiger charge is -2.35. The molecule has 0 N–H and O–H groups in total. The first-order valence-corrected chi connectivity index (χ1v) is 10.6. The number of benzene rings is 1. The molecule has 2 amide bonds. The van der Waals surface area contributed by atoms with Crippen molar-refractivity contribution in [3.63, 3.8) is 0 Å². The van der Waals surface area contributed by atoms with Gasteiger partial charge in [0.05, 0.1) is 11.7 Å². The lowest BCUT2D eigenvalue weighted by Crippen LogP contribution is -2.39. The van der Waals surface area contributed by atoms with Gasteiger partial charge < -0.3 is 9.80 Å². The van der Waals surface area contributed by atoms with Crippen molar-refractivity contribution in [2.24, 2.45) is 0 Å². The van der Waals surface area contributed by atoms with E-state index in [1.165, 1.54) is 5.56 Å². The zero-order chi connectivity index (χ0) is 20.2. The summed E-state index contributed by atoms with van der Waals surface area (Å²) in [5.74, 6) is 1.02. The molecule has 6 heteroatoms. The highest BCUT2D eigenvalue weighted by atomic mass is 16.2. The fourth-order valence-electron chi connectivity index (χ4n) is 4.34. The fourth-order valence-corrected chi connectivity index (χ4v) is 4.34. The molecule has 0 spiro atoms. The summed E-state index contributed by atoms with van der Waals surface area (Å²) >= 11 is 0. The van der Waals surface area contributed by atoms with Crippen molar-refractivity contribution in [1.82, 2.24) is 19.8 Å². The number of nitrogens with zero attached hydrogens (tertiary/aromatic N) is 4. The van der Waals surface area contributed by atoms with E-state index in [9.17, 15) is 9.59 Å². The third-order valence-corrected chi connectivity index (χ3v) is 5.98. The van der Waals surface area contributed by atoms with Gasteiger partial charge in [0, 0.05) is 51.2 Å². The fraction of sp³-hybridized carbons (Fsp3) is 0.478. The van der Waals surface area contributed by atoms with Crippen LogP contribution in [-0.2, 0) is 29.0 Å². The minimum Gasteiger partial charge on any atom is -0.338 e. The van der Waals surface area contributed by atoms with Crippen molar-refractivity contribution in [1.29, 1.82) is 0 Å². The molecular weight excluding hydrogens is 364 g/mol. The first kappa shape index (κ1) is 19.6. The second kappa shape index (κ2) is 8.72. The number of likely N-dealkylation sites (tertiary alicyclic amines) is 1. The molecule has 0 saturated carbocycles. The SMILES string of the molecule is CC(=O)N1CCCC[C@@H]1c1ncc2c(n1)CCN(C(=O)CCc1ccccc1)C2. The van der Waals surface area contributed by atoms with Gasteiger partial charge in [-0.15, -0.1) is 0 Å². The topological polar surface area (TPSA) is 66.4 Å². The van der Waals surface area contributed by atoms with Crippen LogP contribution in [0.1, 0.15) is 61.3 Å². The zero-order valence-corrected chi connectivity index (χ0v) is 17.0. The number of rotatable bonds is 4. The average molecular weight is 393 g/mol. The molecule has 2 aromatic rings. The van der Waals surface area contributed by atoms with E-state index in [-0.39, 0.29) is 17.9 Å². The third kappa shape index (κ3) is 4.47. The quantitative estimate of drug-likeness (QED) is 0.802. The Labute approximate surface area is 172 Å². The molecule has 0 unspecified atom stereocenters. The first-order valence-electron chi connectivity index (χ1n) is 10.6. The van der Waals surface area contributed by atoms with E-state index in [0.717, 1.165) is 55.7 Å². The number of amides is 2. The smallest absolute Gasteiger partial charge is 0.223 e. The molecule has 0 radical (unpaired) electrons. The minimum absolute atomic E-state index is 0.0166. The van der Waals surface area contributed by atoms with E-state index in [2.05, 4.69) is 17.1 Å². The van der Waals surface area contributed by atoms with Crippen LogP contribution in [0, 0.1) is 0 Å². The molecule has 1 saturated heterocycles. The lowest BCUT2D eigenvalue weighted by molar-refractivity contribution is -0.133. The normalized spacial score (nSPS) is 19.0. The van der Waals surface area contributed by atoms with Crippen molar-refractivity contribution in [3.8, 4) is 0 Å². The Bertz CT molecular complexity index is 884. The van der Waals surface area contributed by atoms with Crippen LogP contribution in [0.25, 0.3) is 0 Å². The van der Waals surface area contributed by atoms with Gasteiger partial charge in [0.15, 0.2) is 5.82 Å². The van der Waals surface area contributed by atoms with Gasteiger partial charge in [0.2, 0.25) is 11.8 Å². The summed E-state index contributed by atoms with van der Waals surface area (Å²) in [4.78, 5) is 37.9. The Morgan fingerprint density at radius 3 is 2.76 bits per heavy atom. The summed E-state index contributed by atoms with van der Waals surface area (Å²) in [6, 6.07) is 10.1. The van der Waals surface area contributed by atoms with Gasteiger partial charge in [-0.3, -0.25) is 9.59 Å². The molecule has 1 fully saturated rings. The molecule has 1 aromatic heterocycles. The summed E-state index contributed by atoms with van der Waals surface area (Å²) in [5.41, 5.74) is 3.24. The van der Waals surface area contributed by atoms with Crippen LogP contribution in [0.3, 0.4) is 0 Å². The second-order valence-electron chi connectivity index (χ2n) is 7.98. The van der Waals surface area contributed by atoms with Gasteiger partial charge in [-0.2, -0.15) is 0 Å².